The van der Waals surface area contributed by atoms with Gasteiger partial charge in [0.15, 0.2) is 0 Å². The standard InChI is InChI=1S/C18H19FN4O/c1-12-9-20-22(10-12)11-13-4-3-7-23(13)18(24)17-8-14-15(19)5-2-6-16(14)21-17/h2,5-6,8-10,13,21H,3-4,7,11H2,1H3. The Morgan fingerprint density at radius 2 is 2.33 bits per heavy atom. The van der Waals surface area contributed by atoms with Crippen molar-refractivity contribution in [1.82, 2.24) is 19.7 Å². The zero-order valence-electron chi connectivity index (χ0n) is 13.5. The number of rotatable bonds is 3. The van der Waals surface area contributed by atoms with E-state index in [0.717, 1.165) is 24.9 Å². The second-order valence-electron chi connectivity index (χ2n) is 6.42. The van der Waals surface area contributed by atoms with Crippen LogP contribution in [0.15, 0.2) is 36.7 Å². The number of benzene rings is 1. The van der Waals surface area contributed by atoms with Gasteiger partial charge >= 0.3 is 0 Å². The highest BCUT2D eigenvalue weighted by molar-refractivity contribution is 5.98. The first-order valence-corrected chi connectivity index (χ1v) is 8.19. The van der Waals surface area contributed by atoms with Crippen molar-refractivity contribution in [3.63, 3.8) is 0 Å². The summed E-state index contributed by atoms with van der Waals surface area (Å²) in [6.07, 6.45) is 5.74. The summed E-state index contributed by atoms with van der Waals surface area (Å²) in [4.78, 5) is 17.8. The lowest BCUT2D eigenvalue weighted by atomic mass is 10.2. The van der Waals surface area contributed by atoms with Gasteiger partial charge in [-0.05, 0) is 43.5 Å². The highest BCUT2D eigenvalue weighted by Gasteiger charge is 2.30. The molecule has 1 aliphatic heterocycles. The van der Waals surface area contributed by atoms with Crippen LogP contribution in [0, 0.1) is 12.7 Å². The van der Waals surface area contributed by atoms with E-state index in [4.69, 9.17) is 0 Å². The van der Waals surface area contributed by atoms with Gasteiger partial charge in [0.25, 0.3) is 5.91 Å². The maximum absolute atomic E-state index is 13.9. The largest absolute Gasteiger partial charge is 0.350 e. The third-order valence-corrected chi connectivity index (χ3v) is 4.64. The summed E-state index contributed by atoms with van der Waals surface area (Å²) >= 11 is 0. The maximum atomic E-state index is 13.9. The predicted molar refractivity (Wildman–Crippen MR) is 89.3 cm³/mol. The number of likely N-dealkylation sites (tertiary alicyclic amines) is 1. The summed E-state index contributed by atoms with van der Waals surface area (Å²) in [7, 11) is 0. The summed E-state index contributed by atoms with van der Waals surface area (Å²) in [5.41, 5.74) is 2.20. The van der Waals surface area contributed by atoms with Gasteiger partial charge in [0.2, 0.25) is 0 Å². The van der Waals surface area contributed by atoms with Gasteiger partial charge in [-0.15, -0.1) is 0 Å². The number of hydrogen-bond donors (Lipinski definition) is 1. The Labute approximate surface area is 139 Å². The number of carbonyl (C=O) groups is 1. The number of H-pyrrole nitrogens is 1. The zero-order chi connectivity index (χ0) is 16.7. The van der Waals surface area contributed by atoms with Crippen molar-refractivity contribution in [1.29, 1.82) is 0 Å². The van der Waals surface area contributed by atoms with Gasteiger partial charge in [-0.25, -0.2) is 4.39 Å². The second kappa shape index (κ2) is 5.78. The molecule has 1 aromatic carbocycles. The average molecular weight is 326 g/mol. The zero-order valence-corrected chi connectivity index (χ0v) is 13.5. The van der Waals surface area contributed by atoms with E-state index in [1.165, 1.54) is 6.07 Å². The molecule has 0 aliphatic carbocycles. The van der Waals surface area contributed by atoms with E-state index < -0.39 is 0 Å². The minimum atomic E-state index is -0.312. The lowest BCUT2D eigenvalue weighted by Crippen LogP contribution is -2.38. The first-order chi connectivity index (χ1) is 11.6. The average Bonchev–Trinajstić information content (AvgIpc) is 3.27. The van der Waals surface area contributed by atoms with Crippen LogP contribution in [-0.2, 0) is 6.54 Å². The van der Waals surface area contributed by atoms with Gasteiger partial charge in [0.1, 0.15) is 11.5 Å². The summed E-state index contributed by atoms with van der Waals surface area (Å²) < 4.78 is 15.7. The van der Waals surface area contributed by atoms with Crippen LogP contribution in [0.1, 0.15) is 28.9 Å². The first kappa shape index (κ1) is 14.9. The van der Waals surface area contributed by atoms with Crippen molar-refractivity contribution >= 4 is 16.8 Å². The smallest absolute Gasteiger partial charge is 0.270 e. The molecule has 6 heteroatoms. The summed E-state index contributed by atoms with van der Waals surface area (Å²) in [6.45, 7) is 3.41. The maximum Gasteiger partial charge on any atom is 0.270 e. The Bertz CT molecular complexity index is 897. The minimum Gasteiger partial charge on any atom is -0.350 e. The van der Waals surface area contributed by atoms with Gasteiger partial charge < -0.3 is 9.88 Å². The van der Waals surface area contributed by atoms with E-state index in [1.807, 2.05) is 28.9 Å². The fourth-order valence-corrected chi connectivity index (χ4v) is 3.46. The lowest BCUT2D eigenvalue weighted by molar-refractivity contribution is 0.0716. The highest BCUT2D eigenvalue weighted by Crippen LogP contribution is 2.24. The van der Waals surface area contributed by atoms with Gasteiger partial charge in [0.05, 0.1) is 18.8 Å². The molecule has 0 saturated carbocycles. The molecular formula is C18H19FN4O. The van der Waals surface area contributed by atoms with Gasteiger partial charge in [0, 0.05) is 23.6 Å². The summed E-state index contributed by atoms with van der Waals surface area (Å²) in [5, 5.41) is 4.77. The minimum absolute atomic E-state index is 0.0722. The number of fused-ring (bicyclic) bond motifs is 1. The molecule has 4 rings (SSSR count). The van der Waals surface area contributed by atoms with Crippen molar-refractivity contribution in [2.24, 2.45) is 0 Å². The van der Waals surface area contributed by atoms with Crippen LogP contribution in [0.3, 0.4) is 0 Å². The molecule has 1 saturated heterocycles. The van der Waals surface area contributed by atoms with Crippen LogP contribution in [-0.4, -0.2) is 38.2 Å². The van der Waals surface area contributed by atoms with Gasteiger partial charge in [-0.2, -0.15) is 5.10 Å². The SMILES string of the molecule is Cc1cnn(CC2CCCN2C(=O)c2cc3c(F)cccc3[nH]2)c1. The molecule has 3 aromatic rings. The number of aromatic nitrogens is 3. The molecule has 1 amide bonds. The summed E-state index contributed by atoms with van der Waals surface area (Å²) in [6, 6.07) is 6.56. The topological polar surface area (TPSA) is 53.9 Å². The first-order valence-electron chi connectivity index (χ1n) is 8.19. The van der Waals surface area contributed by atoms with Crippen LogP contribution < -0.4 is 0 Å². The lowest BCUT2D eigenvalue weighted by Gasteiger charge is -2.24. The number of aryl methyl sites for hydroxylation is 1. The molecule has 0 bridgehead atoms. The third kappa shape index (κ3) is 2.58. The van der Waals surface area contributed by atoms with E-state index in [9.17, 15) is 9.18 Å². The van der Waals surface area contributed by atoms with Crippen molar-refractivity contribution in [2.75, 3.05) is 6.54 Å². The number of nitrogens with one attached hydrogen (secondary N) is 1. The fraction of sp³-hybridized carbons (Fsp3) is 0.333. The number of aromatic amines is 1. The van der Waals surface area contributed by atoms with Crippen LogP contribution in [0.4, 0.5) is 4.39 Å². The van der Waals surface area contributed by atoms with Gasteiger partial charge in [-0.1, -0.05) is 6.07 Å². The number of nitrogens with zero attached hydrogens (tertiary/aromatic N) is 3. The second-order valence-corrected chi connectivity index (χ2v) is 6.42. The molecule has 3 heterocycles. The molecule has 1 N–H and O–H groups in total. The number of amides is 1. The number of halogens is 1. The molecule has 5 nitrogen and oxygen atoms in total. The van der Waals surface area contributed by atoms with Crippen LogP contribution in [0.5, 0.6) is 0 Å². The van der Waals surface area contributed by atoms with E-state index >= 15 is 0 Å². The number of hydrogen-bond acceptors (Lipinski definition) is 2. The van der Waals surface area contributed by atoms with Crippen molar-refractivity contribution < 1.29 is 9.18 Å². The Balaban J connectivity index is 1.58. The molecule has 1 fully saturated rings. The molecule has 0 spiro atoms. The predicted octanol–water partition coefficient (Wildman–Crippen LogP) is 3.12. The van der Waals surface area contributed by atoms with E-state index in [-0.39, 0.29) is 17.8 Å². The van der Waals surface area contributed by atoms with Gasteiger partial charge in [-0.3, -0.25) is 9.48 Å². The number of carbonyl (C=O) groups excluding carboxylic acids is 1. The highest BCUT2D eigenvalue weighted by atomic mass is 19.1. The van der Waals surface area contributed by atoms with E-state index in [1.54, 1.807) is 18.2 Å². The van der Waals surface area contributed by atoms with E-state index in [0.29, 0.717) is 23.1 Å². The molecular weight excluding hydrogens is 307 g/mol. The molecule has 1 aliphatic rings. The van der Waals surface area contributed by atoms with Crippen molar-refractivity contribution in [2.45, 2.75) is 32.4 Å². The molecule has 0 radical (unpaired) electrons. The van der Waals surface area contributed by atoms with Crippen molar-refractivity contribution in [3.8, 4) is 0 Å². The van der Waals surface area contributed by atoms with Crippen LogP contribution >= 0.6 is 0 Å². The molecule has 2 aromatic heterocycles. The summed E-state index contributed by atoms with van der Waals surface area (Å²) in [5.74, 6) is -0.384. The fourth-order valence-electron chi connectivity index (χ4n) is 3.46. The Morgan fingerprint density at radius 1 is 1.46 bits per heavy atom. The Kier molecular flexibility index (Phi) is 3.59. The quantitative estimate of drug-likeness (QED) is 0.804. The van der Waals surface area contributed by atoms with Crippen LogP contribution in [0.2, 0.25) is 0 Å². The molecule has 1 unspecified atom stereocenters. The molecule has 24 heavy (non-hydrogen) atoms. The normalized spacial score (nSPS) is 17.8. The Hall–Kier alpha value is -2.63. The van der Waals surface area contributed by atoms with Crippen LogP contribution in [0.25, 0.3) is 10.9 Å². The third-order valence-electron chi connectivity index (χ3n) is 4.64. The monoisotopic (exact) mass is 326 g/mol. The van der Waals surface area contributed by atoms with E-state index in [2.05, 4.69) is 10.1 Å². The molecule has 1 atom stereocenters. The Morgan fingerprint density at radius 3 is 3.08 bits per heavy atom. The van der Waals surface area contributed by atoms with Crippen molar-refractivity contribution in [3.05, 3.63) is 53.7 Å². The molecule has 124 valence electrons.